The number of nitrogens with one attached hydrogen (secondary N) is 5. The number of carbonyl (C=O) groups excluding carboxylic acids is 7. The van der Waals surface area contributed by atoms with Crippen LogP contribution in [-0.4, -0.2) is 196 Å². The molecule has 24 nitrogen and oxygen atoms in total. The van der Waals surface area contributed by atoms with Crippen molar-refractivity contribution in [3.8, 4) is 22.6 Å². The first-order valence-corrected chi connectivity index (χ1v) is 25.7. The molecule has 7 rings (SSSR count). The van der Waals surface area contributed by atoms with E-state index >= 15 is 0 Å². The Morgan fingerprint density at radius 2 is 1.23 bits per heavy atom. The molecule has 77 heavy (non-hydrogen) atoms. The van der Waals surface area contributed by atoms with E-state index in [-0.39, 0.29) is 23.4 Å². The molecule has 24 heteroatoms. The Morgan fingerprint density at radius 1 is 0.675 bits per heavy atom. The van der Waals surface area contributed by atoms with E-state index in [1.54, 1.807) is 12.1 Å². The van der Waals surface area contributed by atoms with Gasteiger partial charge in [0.1, 0.15) is 66.1 Å². The van der Waals surface area contributed by atoms with Gasteiger partial charge in [-0.25, -0.2) is 0 Å². The van der Waals surface area contributed by atoms with Gasteiger partial charge in [0.05, 0.1) is 31.0 Å². The lowest BCUT2D eigenvalue weighted by atomic mass is 9.96. The zero-order valence-electron chi connectivity index (χ0n) is 42.7. The normalized spacial score (nSPS) is 29.9. The maximum Gasteiger partial charge on any atom is 0.251 e. The van der Waals surface area contributed by atoms with Crippen molar-refractivity contribution in [2.75, 3.05) is 19.7 Å². The van der Waals surface area contributed by atoms with Gasteiger partial charge in [0, 0.05) is 37.4 Å². The van der Waals surface area contributed by atoms with Crippen LogP contribution in [0.15, 0.2) is 72.8 Å². The first kappa shape index (κ1) is 57.9. The number of phenolic OH excluding ortho intramolecular Hbond substituents is 1. The van der Waals surface area contributed by atoms with Crippen LogP contribution in [0.3, 0.4) is 0 Å². The number of ether oxygens (including phenoxy) is 1. The first-order valence-electron chi connectivity index (χ1n) is 25.7. The van der Waals surface area contributed by atoms with Crippen LogP contribution in [0.2, 0.25) is 0 Å². The predicted octanol–water partition coefficient (Wildman–Crippen LogP) is -2.59. The van der Waals surface area contributed by atoms with Crippen molar-refractivity contribution in [2.45, 2.75) is 145 Å². The number of benzene rings is 3. The molecule has 418 valence electrons. The molecular weight excluding hydrogens is 1010 g/mol. The Balaban J connectivity index is 1.20. The molecule has 0 bridgehead atoms. The number of aliphatic hydroxyl groups is 8. The zero-order valence-corrected chi connectivity index (χ0v) is 42.7. The number of carbonyl (C=O) groups is 7. The van der Waals surface area contributed by atoms with Gasteiger partial charge in [-0.1, -0.05) is 56.2 Å². The molecule has 0 radical (unpaired) electrons. The molecular formula is C53H69N7O17. The maximum atomic E-state index is 14.4. The van der Waals surface area contributed by atoms with E-state index in [0.717, 1.165) is 59.7 Å². The van der Waals surface area contributed by atoms with Gasteiger partial charge in [0.2, 0.25) is 35.4 Å². The number of amides is 7. The van der Waals surface area contributed by atoms with Crippen LogP contribution >= 0.6 is 0 Å². The smallest absolute Gasteiger partial charge is 0.251 e. The second-order valence-corrected chi connectivity index (χ2v) is 20.6. The van der Waals surface area contributed by atoms with E-state index in [1.165, 1.54) is 44.0 Å². The SMILES string of the molecule is C[C@@H](O)[C@@H]1NC(=O)[C@H]([C@H](O)[C@@H](O)c2ccc(O)cc2)NC(=O)[C@@H]2C[C@@H](O)CN2C(=O)[C@H]([C@@H](C)O)NC(=O)[C@@H](NC(=O)c2ccc(-c3ccc(OCC4CCCC4)cc3)cc2)C[C@@H](O)[C@@H](O)NC(=O)[C@@H]2[C@@H](O)[C@@H](C)CN2C1=O. The molecule has 0 unspecified atom stereocenters. The van der Waals surface area contributed by atoms with Crippen LogP contribution in [0.1, 0.15) is 81.3 Å². The average molecular weight is 1080 g/mol. The molecule has 0 aromatic heterocycles. The Bertz CT molecular complexity index is 2580. The number of phenols is 1. The molecule has 7 amide bonds. The summed E-state index contributed by atoms with van der Waals surface area (Å²) in [4.78, 5) is 101. The quantitative estimate of drug-likeness (QED) is 0.0937. The third kappa shape index (κ3) is 13.7. The zero-order chi connectivity index (χ0) is 56.0. The fourth-order valence-corrected chi connectivity index (χ4v) is 10.2. The van der Waals surface area contributed by atoms with E-state index in [2.05, 4.69) is 26.6 Å². The lowest BCUT2D eigenvalue weighted by Gasteiger charge is -2.34. The van der Waals surface area contributed by atoms with Gasteiger partial charge in [-0.2, -0.15) is 0 Å². The van der Waals surface area contributed by atoms with Crippen LogP contribution in [-0.2, 0) is 28.8 Å². The standard InChI is InChI=1S/C53H69N7O17/c1-25-22-60-42(43(25)66)51(74)58-49(72)38(65)21-36(54-46(69)32-10-8-29(9-11-32)30-14-18-35(19-15-30)77-24-28-6-4-5-7-28)47(70)55-39(26(2)61)52(75)59-23-34(64)20-37(59)48(71)57-41(50(73)56-40(27(3)62)53(60)76)45(68)44(67)31-12-16-33(63)17-13-31/h8-19,25-28,34,36-45,49,61-68,72H,4-7,20-24H2,1-3H3,(H,54,69)(H,55,70)(H,56,73)(H,57,71)(H,58,74)/t25-,26+,27+,34+,36-,37-,38+,39-,40-,41-,42-,43-,44-,45-,49+/m0/s1. The summed E-state index contributed by atoms with van der Waals surface area (Å²) in [6.45, 7) is 3.34. The van der Waals surface area contributed by atoms with Crippen LogP contribution in [0.4, 0.5) is 0 Å². The lowest BCUT2D eigenvalue weighted by molar-refractivity contribution is -0.148. The minimum absolute atomic E-state index is 0.0170. The molecule has 3 saturated heterocycles. The van der Waals surface area contributed by atoms with Gasteiger partial charge in [0.25, 0.3) is 5.91 Å². The van der Waals surface area contributed by atoms with E-state index < -0.39 is 152 Å². The summed E-state index contributed by atoms with van der Waals surface area (Å²) in [6, 6.07) is 6.71. The topological polar surface area (TPSA) is 377 Å². The summed E-state index contributed by atoms with van der Waals surface area (Å²) in [6.07, 6.45) is -12.0. The fraction of sp³-hybridized carbons (Fsp3) is 0.528. The van der Waals surface area contributed by atoms with Gasteiger partial charge < -0.3 is 87.1 Å². The highest BCUT2D eigenvalue weighted by molar-refractivity contribution is 6.00. The van der Waals surface area contributed by atoms with Crippen molar-refractivity contribution < 1.29 is 84.3 Å². The van der Waals surface area contributed by atoms with E-state index in [4.69, 9.17) is 4.74 Å². The summed E-state index contributed by atoms with van der Waals surface area (Å²) in [5, 5.41) is 111. The molecule has 3 aromatic rings. The third-order valence-electron chi connectivity index (χ3n) is 14.8. The van der Waals surface area contributed by atoms with Gasteiger partial charge in [-0.15, -0.1) is 0 Å². The summed E-state index contributed by atoms with van der Waals surface area (Å²) in [7, 11) is 0. The Kier molecular flexibility index (Phi) is 18.9. The molecule has 3 aromatic carbocycles. The minimum Gasteiger partial charge on any atom is -0.508 e. The Morgan fingerprint density at radius 3 is 1.83 bits per heavy atom. The highest BCUT2D eigenvalue weighted by atomic mass is 16.5. The van der Waals surface area contributed by atoms with Crippen LogP contribution < -0.4 is 31.3 Å². The minimum atomic E-state index is -2.29. The number of rotatable bonds is 11. The average Bonchev–Trinajstić information content (AvgIpc) is 4.16. The lowest BCUT2D eigenvalue weighted by Crippen LogP contribution is -2.64. The molecule has 4 fully saturated rings. The van der Waals surface area contributed by atoms with E-state index in [9.17, 15) is 79.5 Å². The van der Waals surface area contributed by atoms with Crippen LogP contribution in [0.5, 0.6) is 11.5 Å². The number of aromatic hydroxyl groups is 1. The number of nitrogens with zero attached hydrogens (tertiary/aromatic N) is 2. The first-order chi connectivity index (χ1) is 36.5. The van der Waals surface area contributed by atoms with Crippen LogP contribution in [0.25, 0.3) is 11.1 Å². The van der Waals surface area contributed by atoms with Crippen LogP contribution in [0, 0.1) is 11.8 Å². The Labute approximate surface area is 443 Å². The second-order valence-electron chi connectivity index (χ2n) is 20.6. The summed E-state index contributed by atoms with van der Waals surface area (Å²) in [5.74, 6) is -8.17. The monoisotopic (exact) mass is 1080 g/mol. The van der Waals surface area contributed by atoms with Crippen molar-refractivity contribution in [3.63, 3.8) is 0 Å². The fourth-order valence-electron chi connectivity index (χ4n) is 10.2. The molecule has 1 saturated carbocycles. The van der Waals surface area contributed by atoms with Gasteiger partial charge >= 0.3 is 0 Å². The molecule has 4 aliphatic rings. The number of hydrogen-bond acceptors (Lipinski definition) is 17. The Hall–Kier alpha value is -6.77. The molecule has 0 spiro atoms. The van der Waals surface area contributed by atoms with Crippen molar-refractivity contribution >= 4 is 41.4 Å². The largest absolute Gasteiger partial charge is 0.508 e. The highest BCUT2D eigenvalue weighted by Crippen LogP contribution is 2.30. The molecule has 14 N–H and O–H groups in total. The van der Waals surface area contributed by atoms with Gasteiger partial charge in [0.15, 0.2) is 6.23 Å². The summed E-state index contributed by atoms with van der Waals surface area (Å²) in [5.41, 5.74) is 1.46. The van der Waals surface area contributed by atoms with Crippen molar-refractivity contribution in [1.82, 2.24) is 36.4 Å². The summed E-state index contributed by atoms with van der Waals surface area (Å²) >= 11 is 0. The molecule has 3 aliphatic heterocycles. The number of aliphatic hydroxyl groups excluding tert-OH is 8. The third-order valence-corrected chi connectivity index (χ3v) is 14.8. The van der Waals surface area contributed by atoms with E-state index in [1.807, 2.05) is 24.3 Å². The maximum absolute atomic E-state index is 14.4. The number of hydrogen-bond donors (Lipinski definition) is 14. The van der Waals surface area contributed by atoms with E-state index in [0.29, 0.717) is 18.3 Å². The van der Waals surface area contributed by atoms with Crippen molar-refractivity contribution in [3.05, 3.63) is 83.9 Å². The predicted molar refractivity (Wildman–Crippen MR) is 270 cm³/mol. The van der Waals surface area contributed by atoms with Crippen molar-refractivity contribution in [1.29, 1.82) is 0 Å². The summed E-state index contributed by atoms with van der Waals surface area (Å²) < 4.78 is 5.98. The molecule has 1 aliphatic carbocycles. The number of fused-ring (bicyclic) bond motifs is 2. The van der Waals surface area contributed by atoms with Gasteiger partial charge in [-0.3, -0.25) is 33.6 Å². The van der Waals surface area contributed by atoms with Crippen molar-refractivity contribution in [2.24, 2.45) is 11.8 Å². The molecule has 15 atom stereocenters. The van der Waals surface area contributed by atoms with Gasteiger partial charge in [-0.05, 0) is 85.7 Å². The second kappa shape index (κ2) is 25.1. The molecule has 3 heterocycles. The highest BCUT2D eigenvalue weighted by Gasteiger charge is 2.50.